The number of rotatable bonds is 6. The van der Waals surface area contributed by atoms with Gasteiger partial charge in [0.25, 0.3) is 0 Å². The van der Waals surface area contributed by atoms with Gasteiger partial charge in [0.1, 0.15) is 0 Å². The molecular weight excluding hydrogens is 609 g/mol. The maximum atomic E-state index is 4.03. The Hall–Kier alpha value is -0.675. The first kappa shape index (κ1) is 28.6. The first-order valence-electron chi connectivity index (χ1n) is 12.0. The minimum atomic E-state index is -0.0606. The molecule has 4 heteroatoms. The Morgan fingerprint density at radius 1 is 0.818 bits per heavy atom. The van der Waals surface area contributed by atoms with Crippen LogP contribution in [0.1, 0.15) is 76.3 Å². The topological polar surface area (TPSA) is 15.3 Å². The average molecular weight is 654 g/mol. The number of hydrogen-bond acceptors (Lipinski definition) is 3. The van der Waals surface area contributed by atoms with Gasteiger partial charge in [0.2, 0.25) is 0 Å². The molecule has 0 aromatic heterocycles. The molecule has 0 saturated heterocycles. The van der Waals surface area contributed by atoms with Crippen LogP contribution in [0.2, 0.25) is 0 Å². The molecular formula is C29H45HgN2S. The van der Waals surface area contributed by atoms with E-state index >= 15 is 0 Å². The zero-order valence-corrected chi connectivity index (χ0v) is 30.0. The minimum absolute atomic E-state index is 0.0606. The monoisotopic (exact) mass is 655 g/mol. The van der Waals surface area contributed by atoms with E-state index in [1.54, 1.807) is 0 Å². The molecule has 0 heterocycles. The summed E-state index contributed by atoms with van der Waals surface area (Å²) in [6.07, 6.45) is 2.23. The van der Waals surface area contributed by atoms with E-state index in [1.165, 1.54) is 52.8 Å². The van der Waals surface area contributed by atoms with E-state index in [-0.39, 0.29) is 16.4 Å². The van der Waals surface area contributed by atoms with Crippen molar-refractivity contribution in [3.05, 3.63) is 39.9 Å². The van der Waals surface area contributed by atoms with Crippen LogP contribution in [0.25, 0.3) is 0 Å². The molecule has 2 aromatic rings. The summed E-state index contributed by atoms with van der Waals surface area (Å²) in [7, 11) is 2.25. The Bertz CT molecular complexity index is 1020. The third-order valence-corrected chi connectivity index (χ3v) is 13.3. The Balaban J connectivity index is 2.67. The second-order valence-corrected chi connectivity index (χ2v) is 15.5. The number of anilines is 3. The van der Waals surface area contributed by atoms with Crippen LogP contribution in [0.5, 0.6) is 0 Å². The molecule has 0 amide bonds. The fraction of sp³-hybridized carbons (Fsp3) is 0.586. The first-order chi connectivity index (χ1) is 14.9. The van der Waals surface area contributed by atoms with Crippen LogP contribution in [0.3, 0.4) is 0 Å². The van der Waals surface area contributed by atoms with Crippen molar-refractivity contribution in [2.24, 2.45) is 10.8 Å². The third-order valence-electron chi connectivity index (χ3n) is 8.66. The van der Waals surface area contributed by atoms with Gasteiger partial charge in [0.05, 0.1) is 0 Å². The summed E-state index contributed by atoms with van der Waals surface area (Å²) in [5.41, 5.74) is 11.1. The Labute approximate surface area is 224 Å². The Morgan fingerprint density at radius 2 is 1.30 bits per heavy atom. The van der Waals surface area contributed by atoms with Crippen molar-refractivity contribution >= 4 is 31.9 Å². The third kappa shape index (κ3) is 5.15. The zero-order chi connectivity index (χ0) is 25.7. The molecule has 0 aliphatic rings. The van der Waals surface area contributed by atoms with E-state index in [0.717, 1.165) is 0 Å². The van der Waals surface area contributed by atoms with Crippen molar-refractivity contribution in [2.45, 2.75) is 93.5 Å². The van der Waals surface area contributed by atoms with Crippen LogP contribution < -0.4 is 13.3 Å². The fourth-order valence-electron chi connectivity index (χ4n) is 4.72. The van der Waals surface area contributed by atoms with Crippen LogP contribution >= 0.6 is 11.8 Å². The van der Waals surface area contributed by atoms with Gasteiger partial charge in [-0.05, 0) is 0 Å². The maximum absolute atomic E-state index is 4.03. The van der Waals surface area contributed by atoms with Gasteiger partial charge in [-0.3, -0.25) is 0 Å². The van der Waals surface area contributed by atoms with Crippen molar-refractivity contribution in [1.82, 2.24) is 0 Å². The molecule has 179 valence electrons. The van der Waals surface area contributed by atoms with Crippen LogP contribution in [0.4, 0.5) is 17.1 Å². The standard InChI is InChI=1S/C29H45N2S.Hg/c1-18-15-19(2)22(5)26(21(18)4)31(13)23-16-20(3)25(24(17-23)32-14)30-29(11,12)28(9,10)27(6,7)8;/h15-16,30H,1-14H3;. The number of aryl methyl sites for hydroxylation is 3. The van der Waals surface area contributed by atoms with Crippen LogP contribution in [-0.2, 0) is 26.1 Å². The number of thioether (sulfide) groups is 1. The Morgan fingerprint density at radius 3 is 1.73 bits per heavy atom. The molecule has 0 atom stereocenters. The van der Waals surface area contributed by atoms with E-state index in [4.69, 9.17) is 0 Å². The van der Waals surface area contributed by atoms with Crippen LogP contribution in [-0.4, -0.2) is 18.8 Å². The van der Waals surface area contributed by atoms with Crippen LogP contribution in [0, 0.1) is 45.4 Å². The second kappa shape index (κ2) is 9.76. The molecule has 33 heavy (non-hydrogen) atoms. The average Bonchev–Trinajstić information content (AvgIpc) is 2.68. The van der Waals surface area contributed by atoms with Gasteiger partial charge < -0.3 is 0 Å². The van der Waals surface area contributed by atoms with E-state index in [0.29, 0.717) is 26.1 Å². The van der Waals surface area contributed by atoms with Crippen molar-refractivity contribution in [3.8, 4) is 0 Å². The van der Waals surface area contributed by atoms with Gasteiger partial charge in [-0.15, -0.1) is 0 Å². The number of hydrogen-bond donors (Lipinski definition) is 1. The number of nitrogens with one attached hydrogen (secondary N) is 1. The molecule has 0 fully saturated rings. The van der Waals surface area contributed by atoms with Crippen molar-refractivity contribution in [2.75, 3.05) is 23.5 Å². The van der Waals surface area contributed by atoms with E-state index in [1.807, 2.05) is 11.8 Å². The molecule has 2 nitrogen and oxygen atoms in total. The van der Waals surface area contributed by atoms with Crippen molar-refractivity contribution < 1.29 is 26.1 Å². The molecule has 2 rings (SSSR count). The van der Waals surface area contributed by atoms with Gasteiger partial charge in [-0.25, -0.2) is 0 Å². The van der Waals surface area contributed by atoms with Gasteiger partial charge in [-0.1, -0.05) is 0 Å². The number of nitrogens with zero attached hydrogens (tertiary/aromatic N) is 1. The predicted molar refractivity (Wildman–Crippen MR) is 147 cm³/mol. The second-order valence-electron chi connectivity index (χ2n) is 11.9. The zero-order valence-electron chi connectivity index (χ0n) is 23.7. The molecule has 1 N–H and O–H groups in total. The molecule has 0 aliphatic heterocycles. The first-order valence-corrected chi connectivity index (χ1v) is 16.0. The van der Waals surface area contributed by atoms with Gasteiger partial charge in [-0.2, -0.15) is 0 Å². The molecule has 0 spiro atoms. The van der Waals surface area contributed by atoms with E-state index < -0.39 is 0 Å². The van der Waals surface area contributed by atoms with E-state index in [9.17, 15) is 0 Å². The normalized spacial score (nSPS) is 12.8. The molecule has 0 unspecified atom stereocenters. The summed E-state index contributed by atoms with van der Waals surface area (Å²) in [6.45, 7) is 27.8. The summed E-state index contributed by atoms with van der Waals surface area (Å²) in [5.74, 6) is 0. The van der Waals surface area contributed by atoms with Crippen molar-refractivity contribution in [1.29, 1.82) is 0 Å². The SMILES string of the molecule is CSc1[c]([Hg])c(N(C)c2c(C)c(C)cc(C)c2C)cc(C)c1NC(C)(C)C(C)(C)C(C)(C)C. The summed E-state index contributed by atoms with van der Waals surface area (Å²) in [6, 6.07) is 4.73. The molecule has 0 saturated carbocycles. The van der Waals surface area contributed by atoms with E-state index in [2.05, 4.69) is 119 Å². The summed E-state index contributed by atoms with van der Waals surface area (Å²) < 4.78 is 1.53. The predicted octanol–water partition coefficient (Wildman–Crippen LogP) is 8.15. The van der Waals surface area contributed by atoms with Crippen molar-refractivity contribution in [3.63, 3.8) is 0 Å². The quantitative estimate of drug-likeness (QED) is 0.250. The van der Waals surface area contributed by atoms with Crippen LogP contribution in [0.15, 0.2) is 17.0 Å². The summed E-state index contributed by atoms with van der Waals surface area (Å²) in [4.78, 5) is 3.88. The number of benzene rings is 2. The fourth-order valence-corrected chi connectivity index (χ4v) is 9.17. The molecule has 0 aliphatic carbocycles. The summed E-state index contributed by atoms with van der Waals surface area (Å²) >= 11 is 2.38. The van der Waals surface area contributed by atoms with Gasteiger partial charge >= 0.3 is 226 Å². The van der Waals surface area contributed by atoms with Gasteiger partial charge in [0, 0.05) is 0 Å². The Kier molecular flexibility index (Phi) is 8.45. The molecule has 0 bridgehead atoms. The van der Waals surface area contributed by atoms with Gasteiger partial charge in [0.15, 0.2) is 0 Å². The summed E-state index contributed by atoms with van der Waals surface area (Å²) in [5, 5.41) is 4.03. The molecule has 0 radical (unpaired) electrons. The molecule has 2 aromatic carbocycles.